The summed E-state index contributed by atoms with van der Waals surface area (Å²) in [7, 11) is 0. The number of nitrogens with two attached hydrogens (primary N) is 1. The largest absolute Gasteiger partial charge is 0.330 e. The van der Waals surface area contributed by atoms with Crippen molar-refractivity contribution < 1.29 is 1.43 Å². The number of rotatable bonds is 6. The van der Waals surface area contributed by atoms with Crippen molar-refractivity contribution in [2.75, 3.05) is 6.54 Å². The second-order valence-corrected chi connectivity index (χ2v) is 2.56. The molecule has 1 nitrogen and oxygen atoms in total. The highest BCUT2D eigenvalue weighted by atomic mass is 14.5. The van der Waals surface area contributed by atoms with Crippen molar-refractivity contribution in [3.8, 4) is 0 Å². The first-order valence-corrected chi connectivity index (χ1v) is 4.12. The average Bonchev–Trinajstić information content (AvgIpc) is 1.89. The predicted molar refractivity (Wildman–Crippen MR) is 44.5 cm³/mol. The predicted octanol–water partition coefficient (Wildman–Crippen LogP) is 2.55. The van der Waals surface area contributed by atoms with Gasteiger partial charge in [-0.15, -0.1) is 0 Å². The van der Waals surface area contributed by atoms with E-state index in [9.17, 15) is 0 Å². The molecule has 0 aromatic heterocycles. The van der Waals surface area contributed by atoms with Crippen LogP contribution in [0.4, 0.5) is 0 Å². The second kappa shape index (κ2) is 7.96. The lowest BCUT2D eigenvalue weighted by atomic mass is 10.1. The summed E-state index contributed by atoms with van der Waals surface area (Å²) < 4.78 is 0. The summed E-state index contributed by atoms with van der Waals surface area (Å²) in [5.74, 6) is 0. The summed E-state index contributed by atoms with van der Waals surface area (Å²) in [6.45, 7) is 3.11. The molecule has 0 aliphatic carbocycles. The molecular weight excluding hydrogens is 110 g/mol. The van der Waals surface area contributed by atoms with Gasteiger partial charge in [-0.2, -0.15) is 0 Å². The van der Waals surface area contributed by atoms with Gasteiger partial charge in [0.05, 0.1) is 0 Å². The van der Waals surface area contributed by atoms with E-state index >= 15 is 0 Å². The van der Waals surface area contributed by atoms with Crippen LogP contribution in [0.15, 0.2) is 0 Å². The van der Waals surface area contributed by atoms with E-state index in [4.69, 9.17) is 5.73 Å². The van der Waals surface area contributed by atoms with Crippen molar-refractivity contribution in [3.05, 3.63) is 0 Å². The minimum absolute atomic E-state index is 0. The first kappa shape index (κ1) is 8.96. The van der Waals surface area contributed by atoms with Crippen LogP contribution >= 0.6 is 0 Å². The Labute approximate surface area is 60.1 Å². The summed E-state index contributed by atoms with van der Waals surface area (Å²) in [4.78, 5) is 0. The van der Waals surface area contributed by atoms with Crippen LogP contribution in [0.25, 0.3) is 0 Å². The molecule has 0 fully saturated rings. The molecule has 9 heavy (non-hydrogen) atoms. The zero-order valence-electron chi connectivity index (χ0n) is 6.53. The van der Waals surface area contributed by atoms with Gasteiger partial charge in [-0.05, 0) is 13.0 Å². The molecular formula is C8H21N. The third-order valence-electron chi connectivity index (χ3n) is 1.56. The molecule has 1 heteroatoms. The topological polar surface area (TPSA) is 26.0 Å². The van der Waals surface area contributed by atoms with Crippen LogP contribution in [-0.4, -0.2) is 6.54 Å². The molecule has 58 valence electrons. The SMILES string of the molecule is CCCCCCCCN.[HH]. The molecule has 2 N–H and O–H groups in total. The van der Waals surface area contributed by atoms with E-state index in [0.29, 0.717) is 0 Å². The highest BCUT2D eigenvalue weighted by Gasteiger charge is 1.85. The molecule has 0 unspecified atom stereocenters. The molecule has 0 radical (unpaired) electrons. The van der Waals surface area contributed by atoms with Crippen LogP contribution in [0, 0.1) is 0 Å². The fraction of sp³-hybridized carbons (Fsp3) is 1.00. The van der Waals surface area contributed by atoms with E-state index in [-0.39, 0.29) is 1.43 Å². The average molecular weight is 131 g/mol. The van der Waals surface area contributed by atoms with Crippen LogP contribution in [0.2, 0.25) is 0 Å². The zero-order valence-corrected chi connectivity index (χ0v) is 6.53. The molecule has 0 bridgehead atoms. The summed E-state index contributed by atoms with van der Waals surface area (Å²) in [6, 6.07) is 0. The Bertz CT molecular complexity index is 42.5. The van der Waals surface area contributed by atoms with Crippen molar-refractivity contribution in [2.45, 2.75) is 45.4 Å². The summed E-state index contributed by atoms with van der Waals surface area (Å²) in [6.07, 6.45) is 8.05. The lowest BCUT2D eigenvalue weighted by molar-refractivity contribution is 0.612. The molecule has 0 aromatic rings. The van der Waals surface area contributed by atoms with Gasteiger partial charge < -0.3 is 5.73 Å². The molecule has 0 aliphatic heterocycles. The summed E-state index contributed by atoms with van der Waals surface area (Å²) in [5, 5.41) is 0. The third kappa shape index (κ3) is 7.96. The molecule has 0 saturated carbocycles. The van der Waals surface area contributed by atoms with E-state index in [1.807, 2.05) is 0 Å². The van der Waals surface area contributed by atoms with Crippen LogP contribution < -0.4 is 5.73 Å². The normalized spacial score (nSPS) is 10.0. The van der Waals surface area contributed by atoms with Gasteiger partial charge >= 0.3 is 0 Å². The number of hydrogen-bond acceptors (Lipinski definition) is 1. The monoisotopic (exact) mass is 131 g/mol. The Balaban J connectivity index is 0. The highest BCUT2D eigenvalue weighted by Crippen LogP contribution is 2.03. The Morgan fingerprint density at radius 2 is 1.56 bits per heavy atom. The smallest absolute Gasteiger partial charge is 0 e. The molecule has 0 aliphatic rings. The number of unbranched alkanes of at least 4 members (excludes halogenated alkanes) is 5. The maximum absolute atomic E-state index is 5.34. The lowest BCUT2D eigenvalue weighted by Crippen LogP contribution is -1.97. The van der Waals surface area contributed by atoms with Gasteiger partial charge in [0.1, 0.15) is 0 Å². The van der Waals surface area contributed by atoms with E-state index in [1.165, 1.54) is 38.5 Å². The van der Waals surface area contributed by atoms with E-state index in [0.717, 1.165) is 6.54 Å². The first-order valence-electron chi connectivity index (χ1n) is 4.12. The molecule has 0 rings (SSSR count). The molecule has 0 saturated heterocycles. The van der Waals surface area contributed by atoms with Crippen molar-refractivity contribution in [3.63, 3.8) is 0 Å². The number of hydrogen-bond donors (Lipinski definition) is 1. The molecule has 0 amide bonds. The standard InChI is InChI=1S/C8H19N.H2/c1-2-3-4-5-6-7-8-9;/h2-9H2,1H3;1H. The minimum Gasteiger partial charge on any atom is -0.330 e. The van der Waals surface area contributed by atoms with Crippen molar-refractivity contribution >= 4 is 0 Å². The summed E-state index contributed by atoms with van der Waals surface area (Å²) in [5.41, 5.74) is 5.34. The van der Waals surface area contributed by atoms with Crippen molar-refractivity contribution in [1.82, 2.24) is 0 Å². The van der Waals surface area contributed by atoms with Crippen LogP contribution in [0.1, 0.15) is 46.9 Å². The van der Waals surface area contributed by atoms with Gasteiger partial charge in [0.25, 0.3) is 0 Å². The molecule has 0 heterocycles. The van der Waals surface area contributed by atoms with E-state index in [1.54, 1.807) is 0 Å². The Morgan fingerprint density at radius 3 is 2.11 bits per heavy atom. The van der Waals surface area contributed by atoms with Crippen LogP contribution in [-0.2, 0) is 0 Å². The van der Waals surface area contributed by atoms with Crippen LogP contribution in [0.3, 0.4) is 0 Å². The van der Waals surface area contributed by atoms with Gasteiger partial charge in [0.2, 0.25) is 0 Å². The zero-order chi connectivity index (χ0) is 6.95. The second-order valence-electron chi connectivity index (χ2n) is 2.56. The van der Waals surface area contributed by atoms with Crippen molar-refractivity contribution in [1.29, 1.82) is 0 Å². The van der Waals surface area contributed by atoms with E-state index in [2.05, 4.69) is 6.92 Å². The first-order chi connectivity index (χ1) is 4.41. The van der Waals surface area contributed by atoms with E-state index < -0.39 is 0 Å². The van der Waals surface area contributed by atoms with Gasteiger partial charge in [-0.3, -0.25) is 0 Å². The van der Waals surface area contributed by atoms with Gasteiger partial charge in [-0.25, -0.2) is 0 Å². The quantitative estimate of drug-likeness (QED) is 0.551. The highest BCUT2D eigenvalue weighted by molar-refractivity contribution is 4.43. The maximum Gasteiger partial charge on any atom is 0 e. The lowest BCUT2D eigenvalue weighted by Gasteiger charge is -1.96. The fourth-order valence-electron chi connectivity index (χ4n) is 0.925. The third-order valence-corrected chi connectivity index (χ3v) is 1.56. The molecule has 0 aromatic carbocycles. The van der Waals surface area contributed by atoms with Gasteiger partial charge in [-0.1, -0.05) is 39.0 Å². The Kier molecular flexibility index (Phi) is 7.92. The van der Waals surface area contributed by atoms with Gasteiger partial charge in [0.15, 0.2) is 0 Å². The van der Waals surface area contributed by atoms with Crippen molar-refractivity contribution in [2.24, 2.45) is 5.73 Å². The maximum atomic E-state index is 5.34. The Hall–Kier alpha value is -0.0400. The Morgan fingerprint density at radius 1 is 1.00 bits per heavy atom. The summed E-state index contributed by atoms with van der Waals surface area (Å²) >= 11 is 0. The fourth-order valence-corrected chi connectivity index (χ4v) is 0.925. The minimum atomic E-state index is 0. The molecule has 0 atom stereocenters. The molecule has 0 spiro atoms. The van der Waals surface area contributed by atoms with Gasteiger partial charge in [0, 0.05) is 1.43 Å². The van der Waals surface area contributed by atoms with Crippen LogP contribution in [0.5, 0.6) is 0 Å².